The van der Waals surface area contributed by atoms with Gasteiger partial charge in [-0.15, -0.1) is 0 Å². The lowest BCUT2D eigenvalue weighted by atomic mass is 9.88. The molecule has 0 saturated carbocycles. The molecule has 0 saturated heterocycles. The van der Waals surface area contributed by atoms with Gasteiger partial charge in [-0.3, -0.25) is 14.0 Å². The number of benzene rings is 2. The molecule has 30 heavy (non-hydrogen) atoms. The summed E-state index contributed by atoms with van der Waals surface area (Å²) in [6.07, 6.45) is 2.99. The van der Waals surface area contributed by atoms with Crippen molar-refractivity contribution in [1.82, 2.24) is 19.5 Å². The third kappa shape index (κ3) is 3.09. The predicted octanol–water partition coefficient (Wildman–Crippen LogP) is 3.46. The number of amides is 1. The standard InChI is InChI=1S/C24H24N4O2/c1-15-10-11-21-18(12-15)13-22-24(30)27(26-16(2)28(21)22)14-23(29)25-20-9-5-7-17-6-3-4-8-19(17)20/h3-4,6,8,10-13,20H,5,7,9,14H2,1-2H3,(H,25,29)/t20-/m1/s1. The van der Waals surface area contributed by atoms with Crippen molar-refractivity contribution in [3.8, 4) is 0 Å². The van der Waals surface area contributed by atoms with Gasteiger partial charge in [0.05, 0.1) is 11.6 Å². The van der Waals surface area contributed by atoms with Gasteiger partial charge in [0.2, 0.25) is 5.91 Å². The molecule has 0 fully saturated rings. The van der Waals surface area contributed by atoms with E-state index in [4.69, 9.17) is 0 Å². The van der Waals surface area contributed by atoms with Crippen molar-refractivity contribution in [2.45, 2.75) is 45.7 Å². The van der Waals surface area contributed by atoms with Crippen molar-refractivity contribution in [2.75, 3.05) is 0 Å². The van der Waals surface area contributed by atoms with Crippen LogP contribution in [0.3, 0.4) is 0 Å². The molecule has 2 aromatic carbocycles. The smallest absolute Gasteiger partial charge is 0.291 e. The molecule has 4 aromatic rings. The number of fused-ring (bicyclic) bond motifs is 4. The predicted molar refractivity (Wildman–Crippen MR) is 117 cm³/mol. The summed E-state index contributed by atoms with van der Waals surface area (Å²) in [5, 5.41) is 8.53. The molecule has 1 N–H and O–H groups in total. The Labute approximate surface area is 174 Å². The maximum atomic E-state index is 13.1. The summed E-state index contributed by atoms with van der Waals surface area (Å²) >= 11 is 0. The van der Waals surface area contributed by atoms with Crippen molar-refractivity contribution >= 4 is 22.3 Å². The second-order valence-corrected chi connectivity index (χ2v) is 8.15. The Balaban J connectivity index is 1.46. The molecule has 0 radical (unpaired) electrons. The Morgan fingerprint density at radius 3 is 2.83 bits per heavy atom. The van der Waals surface area contributed by atoms with Crippen molar-refractivity contribution < 1.29 is 4.79 Å². The minimum Gasteiger partial charge on any atom is -0.348 e. The second-order valence-electron chi connectivity index (χ2n) is 8.15. The van der Waals surface area contributed by atoms with Crippen LogP contribution in [0.15, 0.2) is 53.3 Å². The molecular formula is C24H24N4O2. The van der Waals surface area contributed by atoms with Crippen LogP contribution < -0.4 is 10.9 Å². The van der Waals surface area contributed by atoms with Crippen LogP contribution in [-0.4, -0.2) is 20.1 Å². The first-order valence-electron chi connectivity index (χ1n) is 10.4. The third-order valence-electron chi connectivity index (χ3n) is 6.00. The highest BCUT2D eigenvalue weighted by Crippen LogP contribution is 2.29. The zero-order chi connectivity index (χ0) is 20.8. The van der Waals surface area contributed by atoms with E-state index in [2.05, 4.69) is 28.6 Å². The lowest BCUT2D eigenvalue weighted by molar-refractivity contribution is -0.122. The van der Waals surface area contributed by atoms with E-state index in [1.165, 1.54) is 15.8 Å². The molecule has 1 aliphatic rings. The first kappa shape index (κ1) is 18.6. The van der Waals surface area contributed by atoms with Crippen molar-refractivity contribution in [1.29, 1.82) is 0 Å². The van der Waals surface area contributed by atoms with Gasteiger partial charge in [0.15, 0.2) is 0 Å². The number of aryl methyl sites for hydroxylation is 3. The van der Waals surface area contributed by atoms with E-state index in [1.807, 2.05) is 48.6 Å². The first-order chi connectivity index (χ1) is 14.5. The van der Waals surface area contributed by atoms with Gasteiger partial charge >= 0.3 is 0 Å². The van der Waals surface area contributed by atoms with Gasteiger partial charge in [0.1, 0.15) is 17.9 Å². The summed E-state index contributed by atoms with van der Waals surface area (Å²) in [7, 11) is 0. The van der Waals surface area contributed by atoms with E-state index in [1.54, 1.807) is 0 Å². The number of hydrogen-bond acceptors (Lipinski definition) is 3. The van der Waals surface area contributed by atoms with Crippen LogP contribution in [0.5, 0.6) is 0 Å². The molecule has 6 nitrogen and oxygen atoms in total. The average molecular weight is 400 g/mol. The second kappa shape index (κ2) is 7.13. The maximum Gasteiger partial charge on any atom is 0.291 e. The van der Waals surface area contributed by atoms with Crippen LogP contribution in [0.2, 0.25) is 0 Å². The molecule has 152 valence electrons. The Morgan fingerprint density at radius 1 is 1.13 bits per heavy atom. The summed E-state index contributed by atoms with van der Waals surface area (Å²) in [6, 6.07) is 16.2. The largest absolute Gasteiger partial charge is 0.348 e. The summed E-state index contributed by atoms with van der Waals surface area (Å²) in [6.45, 7) is 3.80. The lowest BCUT2D eigenvalue weighted by Crippen LogP contribution is -2.37. The molecule has 6 heteroatoms. The van der Waals surface area contributed by atoms with Gasteiger partial charge in [-0.1, -0.05) is 35.9 Å². The van der Waals surface area contributed by atoms with E-state index in [0.717, 1.165) is 35.7 Å². The maximum absolute atomic E-state index is 13.1. The molecule has 1 atom stereocenters. The first-order valence-corrected chi connectivity index (χ1v) is 10.4. The minimum absolute atomic E-state index is 0.0122. The topological polar surface area (TPSA) is 68.4 Å². The quantitative estimate of drug-likeness (QED) is 0.573. The number of nitrogens with zero attached hydrogens (tertiary/aromatic N) is 3. The Bertz CT molecular complexity index is 1350. The van der Waals surface area contributed by atoms with E-state index in [9.17, 15) is 9.59 Å². The average Bonchev–Trinajstić information content (AvgIpc) is 3.11. The zero-order valence-corrected chi connectivity index (χ0v) is 17.2. The number of nitrogens with one attached hydrogen (secondary N) is 1. The normalized spacial score (nSPS) is 16.0. The Hall–Kier alpha value is -3.41. The Kier molecular flexibility index (Phi) is 4.42. The van der Waals surface area contributed by atoms with E-state index < -0.39 is 0 Å². The molecule has 5 rings (SSSR count). The highest BCUT2D eigenvalue weighted by molar-refractivity contribution is 5.87. The highest BCUT2D eigenvalue weighted by atomic mass is 16.2. The molecule has 0 bridgehead atoms. The van der Waals surface area contributed by atoms with E-state index in [-0.39, 0.29) is 24.1 Å². The van der Waals surface area contributed by atoms with Gasteiger partial charge in [-0.25, -0.2) is 4.68 Å². The zero-order valence-electron chi connectivity index (χ0n) is 17.2. The Morgan fingerprint density at radius 2 is 1.97 bits per heavy atom. The molecule has 0 spiro atoms. The monoisotopic (exact) mass is 400 g/mol. The molecule has 1 aliphatic carbocycles. The van der Waals surface area contributed by atoms with Crippen LogP contribution in [0.25, 0.3) is 16.4 Å². The molecule has 2 heterocycles. The van der Waals surface area contributed by atoms with E-state index >= 15 is 0 Å². The van der Waals surface area contributed by atoms with Crippen LogP contribution in [0, 0.1) is 13.8 Å². The third-order valence-corrected chi connectivity index (χ3v) is 6.00. The highest BCUT2D eigenvalue weighted by Gasteiger charge is 2.22. The summed E-state index contributed by atoms with van der Waals surface area (Å²) in [5.74, 6) is 0.487. The fourth-order valence-corrected chi connectivity index (χ4v) is 4.62. The number of carbonyl (C=O) groups is 1. The lowest BCUT2D eigenvalue weighted by Gasteiger charge is -2.26. The SMILES string of the molecule is Cc1ccc2c(c1)cc1c(=O)n(CC(=O)N[C@@H]3CCCc4ccccc43)nc(C)n12. The van der Waals surface area contributed by atoms with E-state index in [0.29, 0.717) is 11.3 Å². The van der Waals surface area contributed by atoms with Gasteiger partial charge in [0.25, 0.3) is 5.56 Å². The van der Waals surface area contributed by atoms with Crippen molar-refractivity contribution in [3.05, 3.63) is 81.4 Å². The van der Waals surface area contributed by atoms with Crippen LogP contribution >= 0.6 is 0 Å². The molecule has 2 aromatic heterocycles. The minimum atomic E-state index is -0.256. The number of rotatable bonds is 3. The number of hydrogen-bond donors (Lipinski definition) is 1. The van der Waals surface area contributed by atoms with Gasteiger partial charge in [-0.2, -0.15) is 5.10 Å². The fraction of sp³-hybridized carbons (Fsp3) is 0.292. The molecular weight excluding hydrogens is 376 g/mol. The summed E-state index contributed by atoms with van der Waals surface area (Å²) < 4.78 is 3.14. The number of carbonyl (C=O) groups excluding carboxylic acids is 1. The van der Waals surface area contributed by atoms with Gasteiger partial charge in [0, 0.05) is 5.39 Å². The number of aromatic nitrogens is 3. The summed E-state index contributed by atoms with van der Waals surface area (Å²) in [5.41, 5.74) is 4.84. The van der Waals surface area contributed by atoms with Gasteiger partial charge < -0.3 is 5.32 Å². The summed E-state index contributed by atoms with van der Waals surface area (Å²) in [4.78, 5) is 25.9. The molecule has 1 amide bonds. The van der Waals surface area contributed by atoms with Crippen LogP contribution in [-0.2, 0) is 17.8 Å². The fourth-order valence-electron chi connectivity index (χ4n) is 4.62. The van der Waals surface area contributed by atoms with Crippen molar-refractivity contribution in [2.24, 2.45) is 0 Å². The van der Waals surface area contributed by atoms with Crippen molar-refractivity contribution in [3.63, 3.8) is 0 Å². The van der Waals surface area contributed by atoms with Crippen LogP contribution in [0.4, 0.5) is 0 Å². The molecule has 0 unspecified atom stereocenters. The van der Waals surface area contributed by atoms with Gasteiger partial charge in [-0.05, 0) is 62.4 Å². The molecule has 0 aliphatic heterocycles. The van der Waals surface area contributed by atoms with Crippen LogP contribution in [0.1, 0.15) is 41.4 Å².